The van der Waals surface area contributed by atoms with Crippen LogP contribution in [0.1, 0.15) is 10.5 Å². The zero-order valence-corrected chi connectivity index (χ0v) is 8.91. The van der Waals surface area contributed by atoms with Gasteiger partial charge >= 0.3 is 0 Å². The van der Waals surface area contributed by atoms with E-state index in [1.807, 2.05) is 0 Å². The average Bonchev–Trinajstić information content (AvgIpc) is 2.30. The van der Waals surface area contributed by atoms with E-state index < -0.39 is 5.82 Å². The molecule has 1 aromatic carbocycles. The van der Waals surface area contributed by atoms with Gasteiger partial charge in [-0.25, -0.2) is 4.39 Å². The number of aldehydes is 1. The van der Waals surface area contributed by atoms with Crippen LogP contribution in [0.5, 0.6) is 0 Å². The van der Waals surface area contributed by atoms with Crippen LogP contribution in [0.2, 0.25) is 5.02 Å². The second-order valence-corrected chi connectivity index (χ2v) is 3.59. The van der Waals surface area contributed by atoms with Gasteiger partial charge in [0.2, 0.25) is 0 Å². The van der Waals surface area contributed by atoms with Crippen LogP contribution in [-0.2, 0) is 0 Å². The Balaban J connectivity index is 2.54. The van der Waals surface area contributed by atoms with Crippen molar-refractivity contribution in [2.45, 2.75) is 0 Å². The van der Waals surface area contributed by atoms with Gasteiger partial charge in [0.05, 0.1) is 5.02 Å². The van der Waals surface area contributed by atoms with Gasteiger partial charge in [0.25, 0.3) is 0 Å². The van der Waals surface area contributed by atoms with Gasteiger partial charge in [0.1, 0.15) is 11.5 Å². The first kappa shape index (κ1) is 10.8. The van der Waals surface area contributed by atoms with Gasteiger partial charge in [-0.2, -0.15) is 0 Å². The molecule has 80 valence electrons. The highest BCUT2D eigenvalue weighted by molar-refractivity contribution is 6.33. The maximum atomic E-state index is 13.5. The summed E-state index contributed by atoms with van der Waals surface area (Å²) in [6, 6.07) is 7.60. The first-order chi connectivity index (χ1) is 7.72. The number of carbonyl (C=O) groups excluding carboxylic acids is 1. The first-order valence-corrected chi connectivity index (χ1v) is 4.96. The lowest BCUT2D eigenvalue weighted by molar-refractivity contribution is 0.111. The fourth-order valence-corrected chi connectivity index (χ4v) is 1.67. The summed E-state index contributed by atoms with van der Waals surface area (Å²) in [5.41, 5.74) is 1.15. The predicted molar refractivity (Wildman–Crippen MR) is 60.0 cm³/mol. The van der Waals surface area contributed by atoms with Gasteiger partial charge in [-0.1, -0.05) is 23.7 Å². The zero-order valence-electron chi connectivity index (χ0n) is 8.15. The second kappa shape index (κ2) is 4.41. The van der Waals surface area contributed by atoms with E-state index in [-0.39, 0.29) is 0 Å². The van der Waals surface area contributed by atoms with Crippen molar-refractivity contribution in [3.05, 3.63) is 53.1 Å². The van der Waals surface area contributed by atoms with Crippen molar-refractivity contribution in [2.75, 3.05) is 0 Å². The van der Waals surface area contributed by atoms with Crippen molar-refractivity contribution < 1.29 is 9.18 Å². The van der Waals surface area contributed by atoms with E-state index in [2.05, 4.69) is 4.98 Å². The lowest BCUT2D eigenvalue weighted by Crippen LogP contribution is -1.90. The molecule has 0 aliphatic rings. The molecule has 0 amide bonds. The second-order valence-electron chi connectivity index (χ2n) is 3.19. The lowest BCUT2D eigenvalue weighted by Gasteiger charge is -2.05. The predicted octanol–water partition coefficient (Wildman–Crippen LogP) is 3.35. The molecule has 0 saturated carbocycles. The van der Waals surface area contributed by atoms with Gasteiger partial charge in [-0.05, 0) is 18.2 Å². The SMILES string of the molecule is O=Cc1ccc(-c2c(F)cccc2Cl)cn1. The number of benzene rings is 1. The number of aromatic nitrogens is 1. The Morgan fingerprint density at radius 2 is 2.06 bits per heavy atom. The number of nitrogens with zero attached hydrogens (tertiary/aromatic N) is 1. The summed E-state index contributed by atoms with van der Waals surface area (Å²) >= 11 is 5.90. The third-order valence-electron chi connectivity index (χ3n) is 2.16. The average molecular weight is 236 g/mol. The van der Waals surface area contributed by atoms with Crippen LogP contribution >= 0.6 is 11.6 Å². The van der Waals surface area contributed by atoms with E-state index in [1.54, 1.807) is 12.1 Å². The van der Waals surface area contributed by atoms with E-state index in [4.69, 9.17) is 11.6 Å². The Hall–Kier alpha value is -1.74. The molecular weight excluding hydrogens is 229 g/mol. The Morgan fingerprint density at radius 3 is 2.62 bits per heavy atom. The molecule has 0 aliphatic heterocycles. The Morgan fingerprint density at radius 1 is 1.25 bits per heavy atom. The molecule has 1 heterocycles. The molecule has 2 aromatic rings. The van der Waals surface area contributed by atoms with Crippen LogP contribution in [0.15, 0.2) is 36.5 Å². The summed E-state index contributed by atoms with van der Waals surface area (Å²) in [6.45, 7) is 0. The summed E-state index contributed by atoms with van der Waals surface area (Å²) in [5.74, 6) is -0.409. The fourth-order valence-electron chi connectivity index (χ4n) is 1.40. The Labute approximate surface area is 96.7 Å². The van der Waals surface area contributed by atoms with Crippen molar-refractivity contribution in [1.82, 2.24) is 4.98 Å². The molecule has 16 heavy (non-hydrogen) atoms. The Bertz CT molecular complexity index is 505. The monoisotopic (exact) mass is 235 g/mol. The summed E-state index contributed by atoms with van der Waals surface area (Å²) in [6.07, 6.45) is 2.06. The molecule has 0 saturated heterocycles. The van der Waals surface area contributed by atoms with Gasteiger partial charge in [-0.15, -0.1) is 0 Å². The Kier molecular flexibility index (Phi) is 2.97. The van der Waals surface area contributed by atoms with E-state index in [0.717, 1.165) is 0 Å². The fraction of sp³-hybridized carbons (Fsp3) is 0. The van der Waals surface area contributed by atoms with E-state index in [1.165, 1.54) is 24.4 Å². The van der Waals surface area contributed by atoms with Crippen LogP contribution in [-0.4, -0.2) is 11.3 Å². The van der Waals surface area contributed by atoms with Crippen LogP contribution in [0, 0.1) is 5.82 Å². The minimum Gasteiger partial charge on any atom is -0.296 e. The first-order valence-electron chi connectivity index (χ1n) is 4.58. The zero-order chi connectivity index (χ0) is 11.5. The van der Waals surface area contributed by atoms with Gasteiger partial charge in [-0.3, -0.25) is 9.78 Å². The van der Waals surface area contributed by atoms with Crippen molar-refractivity contribution in [1.29, 1.82) is 0 Å². The van der Waals surface area contributed by atoms with Gasteiger partial charge < -0.3 is 0 Å². The third kappa shape index (κ3) is 1.95. The molecule has 0 fully saturated rings. The van der Waals surface area contributed by atoms with Crippen molar-refractivity contribution in [3.63, 3.8) is 0 Å². The van der Waals surface area contributed by atoms with Crippen LogP contribution < -0.4 is 0 Å². The highest BCUT2D eigenvalue weighted by Crippen LogP contribution is 2.29. The molecule has 0 unspecified atom stereocenters. The molecular formula is C12H7ClFNO. The maximum Gasteiger partial charge on any atom is 0.168 e. The van der Waals surface area contributed by atoms with Crippen molar-refractivity contribution >= 4 is 17.9 Å². The standard InChI is InChI=1S/C12H7ClFNO/c13-10-2-1-3-11(14)12(10)8-4-5-9(7-16)15-6-8/h1-7H. The minimum absolute atomic E-state index is 0.300. The summed E-state index contributed by atoms with van der Waals surface area (Å²) in [4.78, 5) is 14.3. The van der Waals surface area contributed by atoms with E-state index in [0.29, 0.717) is 28.1 Å². The third-order valence-corrected chi connectivity index (χ3v) is 2.47. The van der Waals surface area contributed by atoms with Crippen molar-refractivity contribution in [2.24, 2.45) is 0 Å². The number of carbonyl (C=O) groups is 1. The number of hydrogen-bond donors (Lipinski definition) is 0. The highest BCUT2D eigenvalue weighted by Gasteiger charge is 2.09. The summed E-state index contributed by atoms with van der Waals surface area (Å²) in [5, 5.41) is 0.320. The van der Waals surface area contributed by atoms with Gasteiger partial charge in [0, 0.05) is 17.3 Å². The van der Waals surface area contributed by atoms with Crippen LogP contribution in [0.25, 0.3) is 11.1 Å². The molecule has 1 aromatic heterocycles. The molecule has 0 radical (unpaired) electrons. The number of pyridine rings is 1. The number of hydrogen-bond acceptors (Lipinski definition) is 2. The van der Waals surface area contributed by atoms with E-state index in [9.17, 15) is 9.18 Å². The molecule has 0 N–H and O–H groups in total. The largest absolute Gasteiger partial charge is 0.296 e. The summed E-state index contributed by atoms with van der Waals surface area (Å²) in [7, 11) is 0. The van der Waals surface area contributed by atoms with Crippen LogP contribution in [0.4, 0.5) is 4.39 Å². The molecule has 0 aliphatic carbocycles. The highest BCUT2D eigenvalue weighted by atomic mass is 35.5. The molecule has 0 spiro atoms. The van der Waals surface area contributed by atoms with Gasteiger partial charge in [0.15, 0.2) is 6.29 Å². The smallest absolute Gasteiger partial charge is 0.168 e. The quantitative estimate of drug-likeness (QED) is 0.747. The van der Waals surface area contributed by atoms with Crippen LogP contribution in [0.3, 0.4) is 0 Å². The lowest BCUT2D eigenvalue weighted by atomic mass is 10.1. The van der Waals surface area contributed by atoms with E-state index >= 15 is 0 Å². The topological polar surface area (TPSA) is 30.0 Å². The maximum absolute atomic E-state index is 13.5. The molecule has 2 rings (SSSR count). The normalized spacial score (nSPS) is 10.1. The number of halogens is 2. The minimum atomic E-state index is -0.409. The number of rotatable bonds is 2. The summed E-state index contributed by atoms with van der Waals surface area (Å²) < 4.78 is 13.5. The van der Waals surface area contributed by atoms with Crippen molar-refractivity contribution in [3.8, 4) is 11.1 Å². The molecule has 2 nitrogen and oxygen atoms in total. The molecule has 4 heteroatoms. The molecule has 0 bridgehead atoms. The molecule has 0 atom stereocenters.